The highest BCUT2D eigenvalue weighted by Gasteiger charge is 2.28. The van der Waals surface area contributed by atoms with Crippen molar-refractivity contribution in [3.63, 3.8) is 0 Å². The van der Waals surface area contributed by atoms with Gasteiger partial charge in [0.15, 0.2) is 0 Å². The standard InChI is InChI=1S/C18H23N3O5S/c1-18(2,3)26-17(22)20-8-4-5-12(10-20)11-25-16-19-14-9-13(21(23)24)6-7-15(14)27-16/h6-7,9,12H,4-5,8,10-11H2,1-3H3/t12-/m1/s1. The number of carbonyl (C=O) groups is 1. The number of amides is 1. The van der Waals surface area contributed by atoms with Crippen molar-refractivity contribution < 1.29 is 19.2 Å². The molecule has 1 aromatic heterocycles. The number of hydrogen-bond donors (Lipinski definition) is 0. The van der Waals surface area contributed by atoms with E-state index in [0.717, 1.165) is 17.5 Å². The van der Waals surface area contributed by atoms with E-state index in [1.165, 1.54) is 23.5 Å². The van der Waals surface area contributed by atoms with Crippen molar-refractivity contribution in [3.8, 4) is 5.19 Å². The fraction of sp³-hybridized carbons (Fsp3) is 0.556. The first-order valence-electron chi connectivity index (χ1n) is 8.87. The van der Waals surface area contributed by atoms with E-state index in [4.69, 9.17) is 9.47 Å². The van der Waals surface area contributed by atoms with Crippen molar-refractivity contribution in [3.05, 3.63) is 28.3 Å². The van der Waals surface area contributed by atoms with Gasteiger partial charge in [-0.3, -0.25) is 10.1 Å². The molecule has 1 atom stereocenters. The molecule has 0 N–H and O–H groups in total. The van der Waals surface area contributed by atoms with Gasteiger partial charge in [-0.05, 0) is 39.7 Å². The van der Waals surface area contributed by atoms with Gasteiger partial charge in [-0.1, -0.05) is 11.3 Å². The summed E-state index contributed by atoms with van der Waals surface area (Å²) < 4.78 is 12.1. The molecule has 2 heterocycles. The number of fused-ring (bicyclic) bond motifs is 1. The van der Waals surface area contributed by atoms with E-state index in [-0.39, 0.29) is 17.7 Å². The van der Waals surface area contributed by atoms with Crippen molar-refractivity contribution in [1.29, 1.82) is 0 Å². The van der Waals surface area contributed by atoms with Gasteiger partial charge in [0.05, 0.1) is 21.7 Å². The van der Waals surface area contributed by atoms with Crippen molar-refractivity contribution in [2.24, 2.45) is 5.92 Å². The first kappa shape index (κ1) is 19.3. The van der Waals surface area contributed by atoms with Crippen LogP contribution in [0, 0.1) is 16.0 Å². The van der Waals surface area contributed by atoms with Crippen LogP contribution in [-0.2, 0) is 4.74 Å². The summed E-state index contributed by atoms with van der Waals surface area (Å²) in [7, 11) is 0. The third kappa shape index (κ3) is 5.06. The second-order valence-corrected chi connectivity index (χ2v) is 8.63. The minimum absolute atomic E-state index is 0.0135. The van der Waals surface area contributed by atoms with Gasteiger partial charge in [0.1, 0.15) is 5.60 Å². The van der Waals surface area contributed by atoms with Gasteiger partial charge in [-0.25, -0.2) is 9.78 Å². The van der Waals surface area contributed by atoms with Gasteiger partial charge in [0, 0.05) is 31.1 Å². The summed E-state index contributed by atoms with van der Waals surface area (Å²) in [6.07, 6.45) is 1.58. The maximum Gasteiger partial charge on any atom is 0.410 e. The lowest BCUT2D eigenvalue weighted by molar-refractivity contribution is -0.384. The zero-order valence-electron chi connectivity index (χ0n) is 15.6. The van der Waals surface area contributed by atoms with E-state index in [9.17, 15) is 14.9 Å². The van der Waals surface area contributed by atoms with Crippen LogP contribution in [0.25, 0.3) is 10.2 Å². The molecule has 1 aliphatic rings. The molecular weight excluding hydrogens is 370 g/mol. The number of nitro groups is 1. The molecule has 8 nitrogen and oxygen atoms in total. The molecule has 1 saturated heterocycles. The molecule has 27 heavy (non-hydrogen) atoms. The Labute approximate surface area is 161 Å². The van der Waals surface area contributed by atoms with Gasteiger partial charge in [-0.15, -0.1) is 0 Å². The number of non-ortho nitro benzene ring substituents is 1. The molecule has 9 heteroatoms. The number of nitro benzene ring substituents is 1. The maximum absolute atomic E-state index is 12.2. The lowest BCUT2D eigenvalue weighted by Crippen LogP contribution is -2.44. The molecule has 0 bridgehead atoms. The molecule has 0 radical (unpaired) electrons. The molecule has 1 aromatic carbocycles. The third-order valence-electron chi connectivity index (χ3n) is 4.18. The quantitative estimate of drug-likeness (QED) is 0.570. The highest BCUT2D eigenvalue weighted by Crippen LogP contribution is 2.31. The summed E-state index contributed by atoms with van der Waals surface area (Å²) in [6.45, 7) is 7.29. The van der Waals surface area contributed by atoms with E-state index in [1.54, 1.807) is 11.0 Å². The molecule has 1 aliphatic heterocycles. The number of aromatic nitrogens is 1. The van der Waals surface area contributed by atoms with Crippen LogP contribution in [0.2, 0.25) is 0 Å². The lowest BCUT2D eigenvalue weighted by atomic mass is 9.99. The summed E-state index contributed by atoms with van der Waals surface area (Å²) in [5, 5.41) is 11.3. The number of hydrogen-bond acceptors (Lipinski definition) is 7. The third-order valence-corrected chi connectivity index (χ3v) is 5.12. The van der Waals surface area contributed by atoms with Crippen molar-refractivity contribution in [2.45, 2.75) is 39.2 Å². The fourth-order valence-electron chi connectivity index (χ4n) is 2.95. The predicted molar refractivity (Wildman–Crippen MR) is 102 cm³/mol. The van der Waals surface area contributed by atoms with Gasteiger partial charge >= 0.3 is 6.09 Å². The summed E-state index contributed by atoms with van der Waals surface area (Å²) in [4.78, 5) is 28.7. The zero-order chi connectivity index (χ0) is 19.6. The average molecular weight is 393 g/mol. The fourth-order valence-corrected chi connectivity index (χ4v) is 3.76. The van der Waals surface area contributed by atoms with Gasteiger partial charge in [-0.2, -0.15) is 0 Å². The molecule has 0 unspecified atom stereocenters. The van der Waals surface area contributed by atoms with E-state index in [0.29, 0.717) is 30.4 Å². The zero-order valence-corrected chi connectivity index (χ0v) is 16.5. The van der Waals surface area contributed by atoms with Crippen LogP contribution in [0.3, 0.4) is 0 Å². The summed E-state index contributed by atoms with van der Waals surface area (Å²) in [6, 6.07) is 4.59. The van der Waals surface area contributed by atoms with Crippen LogP contribution in [-0.4, -0.2) is 46.2 Å². The summed E-state index contributed by atoms with van der Waals surface area (Å²) in [5.41, 5.74) is 0.0623. The molecule has 2 aromatic rings. The second-order valence-electron chi connectivity index (χ2n) is 7.63. The number of nitrogens with zero attached hydrogens (tertiary/aromatic N) is 3. The summed E-state index contributed by atoms with van der Waals surface area (Å²) >= 11 is 1.36. The van der Waals surface area contributed by atoms with Crippen molar-refractivity contribution in [1.82, 2.24) is 9.88 Å². The number of likely N-dealkylation sites (tertiary alicyclic amines) is 1. The molecule has 0 spiro atoms. The highest BCUT2D eigenvalue weighted by molar-refractivity contribution is 7.20. The lowest BCUT2D eigenvalue weighted by Gasteiger charge is -2.33. The SMILES string of the molecule is CC(C)(C)OC(=O)N1CCC[C@@H](COc2nc3cc([N+](=O)[O-])ccc3s2)C1. The monoisotopic (exact) mass is 393 g/mol. The van der Waals surface area contributed by atoms with E-state index >= 15 is 0 Å². The van der Waals surface area contributed by atoms with Crippen molar-refractivity contribution in [2.75, 3.05) is 19.7 Å². The minimum atomic E-state index is -0.510. The molecule has 0 saturated carbocycles. The largest absolute Gasteiger partial charge is 0.470 e. The Morgan fingerprint density at radius 3 is 2.93 bits per heavy atom. The normalized spacial score (nSPS) is 17.7. The van der Waals surface area contributed by atoms with Crippen LogP contribution >= 0.6 is 11.3 Å². The second kappa shape index (κ2) is 7.67. The first-order valence-corrected chi connectivity index (χ1v) is 9.68. The topological polar surface area (TPSA) is 94.8 Å². The first-order chi connectivity index (χ1) is 12.7. The Hall–Kier alpha value is -2.42. The Kier molecular flexibility index (Phi) is 5.50. The Morgan fingerprint density at radius 1 is 1.44 bits per heavy atom. The smallest absolute Gasteiger partial charge is 0.410 e. The average Bonchev–Trinajstić information content (AvgIpc) is 3.00. The van der Waals surface area contributed by atoms with Crippen LogP contribution in [0.15, 0.2) is 18.2 Å². The highest BCUT2D eigenvalue weighted by atomic mass is 32.1. The van der Waals surface area contributed by atoms with Crippen LogP contribution < -0.4 is 4.74 Å². The number of piperidine rings is 1. The van der Waals surface area contributed by atoms with Crippen molar-refractivity contribution >= 4 is 33.3 Å². The predicted octanol–water partition coefficient (Wildman–Crippen LogP) is 4.23. The molecule has 0 aliphatic carbocycles. The summed E-state index contributed by atoms with van der Waals surface area (Å²) in [5.74, 6) is 0.201. The van der Waals surface area contributed by atoms with E-state index in [2.05, 4.69) is 4.98 Å². The van der Waals surface area contributed by atoms with Gasteiger partial charge in [0.25, 0.3) is 10.9 Å². The van der Waals surface area contributed by atoms with E-state index < -0.39 is 10.5 Å². The number of carbonyl (C=O) groups excluding carboxylic acids is 1. The Balaban J connectivity index is 1.58. The number of thiazole rings is 1. The number of ether oxygens (including phenoxy) is 2. The maximum atomic E-state index is 12.2. The van der Waals surface area contributed by atoms with Crippen LogP contribution in [0.4, 0.5) is 10.5 Å². The van der Waals surface area contributed by atoms with Gasteiger partial charge < -0.3 is 14.4 Å². The molecule has 3 rings (SSSR count). The molecule has 1 amide bonds. The number of rotatable bonds is 4. The van der Waals surface area contributed by atoms with E-state index in [1.807, 2.05) is 20.8 Å². The molecule has 146 valence electrons. The minimum Gasteiger partial charge on any atom is -0.470 e. The number of benzene rings is 1. The Morgan fingerprint density at radius 2 is 2.22 bits per heavy atom. The van der Waals surface area contributed by atoms with Crippen LogP contribution in [0.1, 0.15) is 33.6 Å². The molecular formula is C18H23N3O5S. The van der Waals surface area contributed by atoms with Gasteiger partial charge in [0.2, 0.25) is 0 Å². The Bertz CT molecular complexity index is 845. The molecule has 1 fully saturated rings. The van der Waals surface area contributed by atoms with Crippen LogP contribution in [0.5, 0.6) is 5.19 Å².